The number of hydrogen-bond donors (Lipinski definition) is 0. The van der Waals surface area contributed by atoms with E-state index in [1.54, 1.807) is 31.9 Å². The molecule has 0 saturated heterocycles. The van der Waals surface area contributed by atoms with E-state index in [0.717, 1.165) is 19.3 Å². The largest absolute Gasteiger partial charge is 0.336 e. The molecule has 21 heavy (non-hydrogen) atoms. The van der Waals surface area contributed by atoms with Crippen LogP contribution in [0.4, 0.5) is 0 Å². The Kier molecular flexibility index (Phi) is 2.94. The Labute approximate surface area is 122 Å². The van der Waals surface area contributed by atoms with Crippen LogP contribution in [0.5, 0.6) is 0 Å². The number of fused-ring (bicyclic) bond motifs is 1. The summed E-state index contributed by atoms with van der Waals surface area (Å²) in [6.45, 7) is 3.58. The lowest BCUT2D eigenvalue weighted by atomic mass is 9.76. The van der Waals surface area contributed by atoms with Gasteiger partial charge in [-0.15, -0.1) is 0 Å². The Balaban J connectivity index is 2.10. The molecule has 1 fully saturated rings. The molecule has 0 aliphatic heterocycles. The topological polar surface area (TPSA) is 83.0 Å². The second-order valence-electron chi connectivity index (χ2n) is 5.62. The normalized spacial score (nSPS) is 16.3. The number of carbonyl (C=O) groups excluding carboxylic acids is 1. The SMILES string of the molecule is Cc1cc(C(=O)N(C)C2(C#N)CCC2)c2c(C)noc2n1. The third kappa shape index (κ3) is 1.88. The Hall–Kier alpha value is -2.42. The molecule has 0 atom stereocenters. The van der Waals surface area contributed by atoms with Gasteiger partial charge in [-0.1, -0.05) is 5.16 Å². The van der Waals surface area contributed by atoms with Crippen molar-refractivity contribution in [1.29, 1.82) is 5.26 Å². The number of amides is 1. The predicted octanol–water partition coefficient (Wildman–Crippen LogP) is 2.36. The van der Waals surface area contributed by atoms with Gasteiger partial charge in [0.25, 0.3) is 11.6 Å². The molecule has 2 aromatic rings. The lowest BCUT2D eigenvalue weighted by Crippen LogP contribution is -2.53. The third-order valence-electron chi connectivity index (χ3n) is 4.31. The lowest BCUT2D eigenvalue weighted by Gasteiger charge is -2.43. The molecule has 6 nitrogen and oxygen atoms in total. The summed E-state index contributed by atoms with van der Waals surface area (Å²) in [4.78, 5) is 18.6. The van der Waals surface area contributed by atoms with Crippen molar-refractivity contribution in [1.82, 2.24) is 15.0 Å². The Bertz CT molecular complexity index is 768. The fraction of sp³-hybridized carbons (Fsp3) is 0.467. The van der Waals surface area contributed by atoms with Crippen LogP contribution >= 0.6 is 0 Å². The molecule has 0 spiro atoms. The number of rotatable bonds is 2. The van der Waals surface area contributed by atoms with E-state index in [-0.39, 0.29) is 5.91 Å². The first kappa shape index (κ1) is 13.6. The van der Waals surface area contributed by atoms with Crippen molar-refractivity contribution >= 4 is 17.0 Å². The van der Waals surface area contributed by atoms with Crippen molar-refractivity contribution in [3.05, 3.63) is 23.0 Å². The molecule has 3 rings (SSSR count). The zero-order valence-electron chi connectivity index (χ0n) is 12.3. The van der Waals surface area contributed by atoms with E-state index < -0.39 is 5.54 Å². The molecule has 1 saturated carbocycles. The number of pyridine rings is 1. The molecule has 2 heterocycles. The highest BCUT2D eigenvalue weighted by atomic mass is 16.5. The van der Waals surface area contributed by atoms with E-state index >= 15 is 0 Å². The summed E-state index contributed by atoms with van der Waals surface area (Å²) >= 11 is 0. The van der Waals surface area contributed by atoms with Crippen LogP contribution in [0.3, 0.4) is 0 Å². The Morgan fingerprint density at radius 1 is 1.48 bits per heavy atom. The molecule has 0 radical (unpaired) electrons. The van der Waals surface area contributed by atoms with Gasteiger partial charge in [0.15, 0.2) is 0 Å². The first-order valence-corrected chi connectivity index (χ1v) is 6.91. The molecule has 1 aliphatic rings. The van der Waals surface area contributed by atoms with Gasteiger partial charge in [-0.2, -0.15) is 5.26 Å². The monoisotopic (exact) mass is 284 g/mol. The smallest absolute Gasteiger partial charge is 0.258 e. The van der Waals surface area contributed by atoms with Gasteiger partial charge < -0.3 is 9.42 Å². The van der Waals surface area contributed by atoms with Crippen molar-refractivity contribution in [3.8, 4) is 6.07 Å². The van der Waals surface area contributed by atoms with Gasteiger partial charge in [-0.25, -0.2) is 4.98 Å². The van der Waals surface area contributed by atoms with Crippen LogP contribution in [0.15, 0.2) is 10.6 Å². The fourth-order valence-corrected chi connectivity index (χ4v) is 2.80. The van der Waals surface area contributed by atoms with E-state index in [1.807, 2.05) is 0 Å². The molecular weight excluding hydrogens is 268 g/mol. The van der Waals surface area contributed by atoms with Gasteiger partial charge in [-0.3, -0.25) is 4.79 Å². The van der Waals surface area contributed by atoms with Crippen LogP contribution in [0, 0.1) is 25.2 Å². The molecule has 1 aliphatic carbocycles. The molecule has 0 bridgehead atoms. The summed E-state index contributed by atoms with van der Waals surface area (Å²) in [7, 11) is 1.69. The van der Waals surface area contributed by atoms with Crippen LogP contribution in [0.2, 0.25) is 0 Å². The summed E-state index contributed by atoms with van der Waals surface area (Å²) in [6, 6.07) is 4.02. The Morgan fingerprint density at radius 2 is 2.19 bits per heavy atom. The lowest BCUT2D eigenvalue weighted by molar-refractivity contribution is 0.0499. The highest BCUT2D eigenvalue weighted by Gasteiger charge is 2.44. The molecule has 0 N–H and O–H groups in total. The standard InChI is InChI=1S/C15H16N4O2/c1-9-7-11(12-10(2)18-21-13(12)17-9)14(20)19(3)15(8-16)5-4-6-15/h7H,4-6H2,1-3H3. The fourth-order valence-electron chi connectivity index (χ4n) is 2.80. The van der Waals surface area contributed by atoms with Crippen LogP contribution in [-0.4, -0.2) is 33.5 Å². The molecule has 108 valence electrons. The van der Waals surface area contributed by atoms with Crippen molar-refractivity contribution in [2.45, 2.75) is 38.6 Å². The maximum Gasteiger partial charge on any atom is 0.258 e. The van der Waals surface area contributed by atoms with E-state index in [1.165, 1.54) is 0 Å². The maximum atomic E-state index is 12.8. The van der Waals surface area contributed by atoms with Gasteiger partial charge in [0.2, 0.25) is 0 Å². The van der Waals surface area contributed by atoms with E-state index in [2.05, 4.69) is 16.2 Å². The quantitative estimate of drug-likeness (QED) is 0.845. The number of hydrogen-bond acceptors (Lipinski definition) is 5. The van der Waals surface area contributed by atoms with Crippen molar-refractivity contribution in [2.75, 3.05) is 7.05 Å². The van der Waals surface area contributed by atoms with Crippen LogP contribution in [-0.2, 0) is 0 Å². The summed E-state index contributed by atoms with van der Waals surface area (Å²) < 4.78 is 5.16. The van der Waals surface area contributed by atoms with Crippen LogP contribution in [0.25, 0.3) is 11.1 Å². The van der Waals surface area contributed by atoms with Gasteiger partial charge in [0.1, 0.15) is 5.54 Å². The zero-order valence-corrected chi connectivity index (χ0v) is 12.3. The summed E-state index contributed by atoms with van der Waals surface area (Å²) in [5.74, 6) is -0.182. The number of aromatic nitrogens is 2. The number of aryl methyl sites for hydroxylation is 2. The first-order chi connectivity index (χ1) is 9.98. The van der Waals surface area contributed by atoms with E-state index in [4.69, 9.17) is 4.52 Å². The van der Waals surface area contributed by atoms with Gasteiger partial charge in [0, 0.05) is 12.7 Å². The minimum atomic E-state index is -0.675. The van der Waals surface area contributed by atoms with E-state index in [9.17, 15) is 10.1 Å². The second-order valence-corrected chi connectivity index (χ2v) is 5.62. The number of nitrogens with zero attached hydrogens (tertiary/aromatic N) is 4. The molecule has 1 amide bonds. The number of nitriles is 1. The molecule has 0 aromatic carbocycles. The van der Waals surface area contributed by atoms with Gasteiger partial charge >= 0.3 is 0 Å². The molecule has 2 aromatic heterocycles. The minimum absolute atomic E-state index is 0.182. The van der Waals surface area contributed by atoms with Crippen LogP contribution in [0.1, 0.15) is 41.0 Å². The van der Waals surface area contributed by atoms with Crippen molar-refractivity contribution in [3.63, 3.8) is 0 Å². The summed E-state index contributed by atoms with van der Waals surface area (Å²) in [5.41, 5.74) is 1.51. The van der Waals surface area contributed by atoms with Crippen molar-refractivity contribution < 1.29 is 9.32 Å². The molecular formula is C15H16N4O2. The van der Waals surface area contributed by atoms with Crippen LogP contribution < -0.4 is 0 Å². The number of carbonyl (C=O) groups is 1. The highest BCUT2D eigenvalue weighted by Crippen LogP contribution is 2.37. The molecule has 6 heteroatoms. The summed E-state index contributed by atoms with van der Waals surface area (Å²) in [6.07, 6.45) is 2.42. The molecule has 0 unspecified atom stereocenters. The predicted molar refractivity (Wildman–Crippen MR) is 75.6 cm³/mol. The average Bonchev–Trinajstić information content (AvgIpc) is 2.77. The van der Waals surface area contributed by atoms with Gasteiger partial charge in [-0.05, 0) is 39.2 Å². The Morgan fingerprint density at radius 3 is 2.76 bits per heavy atom. The zero-order chi connectivity index (χ0) is 15.2. The third-order valence-corrected chi connectivity index (χ3v) is 4.31. The second kappa shape index (κ2) is 4.55. The summed E-state index contributed by atoms with van der Waals surface area (Å²) in [5, 5.41) is 13.9. The maximum absolute atomic E-state index is 12.8. The van der Waals surface area contributed by atoms with E-state index in [0.29, 0.717) is 28.1 Å². The van der Waals surface area contributed by atoms with Crippen molar-refractivity contribution in [2.24, 2.45) is 0 Å². The minimum Gasteiger partial charge on any atom is -0.336 e. The highest BCUT2D eigenvalue weighted by molar-refractivity contribution is 6.06. The first-order valence-electron chi connectivity index (χ1n) is 6.91. The van der Waals surface area contributed by atoms with Gasteiger partial charge in [0.05, 0.1) is 22.7 Å². The average molecular weight is 284 g/mol.